The average molecular weight is 823 g/mol. The highest BCUT2D eigenvalue weighted by Crippen LogP contribution is 2.34. The molecule has 0 fully saturated rings. The van der Waals surface area contributed by atoms with Crippen LogP contribution in [0.1, 0.15) is 94.7 Å². The lowest BCUT2D eigenvalue weighted by atomic mass is 9.97. The Morgan fingerprint density at radius 1 is 0.532 bits per heavy atom. The van der Waals surface area contributed by atoms with E-state index in [0.717, 1.165) is 107 Å². The van der Waals surface area contributed by atoms with Gasteiger partial charge in [0.05, 0.1) is 61.7 Å². The highest BCUT2D eigenvalue weighted by atomic mass is 16.5. The van der Waals surface area contributed by atoms with Crippen molar-refractivity contribution in [3.63, 3.8) is 0 Å². The van der Waals surface area contributed by atoms with Gasteiger partial charge in [-0.25, -0.2) is 9.97 Å². The highest BCUT2D eigenvalue weighted by molar-refractivity contribution is 5.70. The van der Waals surface area contributed by atoms with E-state index in [2.05, 4.69) is 124 Å². The van der Waals surface area contributed by atoms with Gasteiger partial charge in [-0.15, -0.1) is 20.4 Å². The third-order valence-electron chi connectivity index (χ3n) is 11.6. The topological polar surface area (TPSA) is 116 Å². The second kappa shape index (κ2) is 18.1. The number of imidazole rings is 2. The zero-order valence-corrected chi connectivity index (χ0v) is 35.5. The number of fused-ring (bicyclic) bond motifs is 2. The molecule has 0 aliphatic carbocycles. The molecule has 4 aromatic heterocycles. The quantitative estimate of drug-likeness (QED) is 0.134. The molecule has 0 unspecified atom stereocenters. The van der Waals surface area contributed by atoms with Crippen LogP contribution in [0.3, 0.4) is 0 Å². The van der Waals surface area contributed by atoms with E-state index in [0.29, 0.717) is 0 Å². The van der Waals surface area contributed by atoms with Gasteiger partial charge in [0, 0.05) is 25.2 Å². The van der Waals surface area contributed by atoms with Crippen molar-refractivity contribution in [3.05, 3.63) is 179 Å². The predicted octanol–water partition coefficient (Wildman–Crippen LogP) is 9.75. The molecular formula is C50H50N10O2. The molecule has 12 nitrogen and oxygen atoms in total. The van der Waals surface area contributed by atoms with E-state index in [9.17, 15) is 0 Å². The number of nitrogens with zero attached hydrogens (tertiary/aromatic N) is 10. The summed E-state index contributed by atoms with van der Waals surface area (Å²) in [5.41, 5.74) is 8.56. The fraction of sp³-hybridized carbons (Fsp3) is 0.240. The molecule has 0 radical (unpaired) electrons. The molecule has 0 bridgehead atoms. The van der Waals surface area contributed by atoms with Gasteiger partial charge >= 0.3 is 0 Å². The highest BCUT2D eigenvalue weighted by Gasteiger charge is 2.26. The van der Waals surface area contributed by atoms with Crippen LogP contribution in [-0.4, -0.2) is 62.9 Å². The van der Waals surface area contributed by atoms with Crippen molar-refractivity contribution in [1.29, 1.82) is 0 Å². The number of hydrogen-bond acceptors (Lipinski definition) is 8. The largest absolute Gasteiger partial charge is 0.495 e. The Morgan fingerprint density at radius 3 is 1.35 bits per heavy atom. The first-order chi connectivity index (χ1) is 30.4. The number of ether oxygens (including phenoxy) is 2. The van der Waals surface area contributed by atoms with Crippen LogP contribution in [0.25, 0.3) is 35.7 Å². The van der Waals surface area contributed by atoms with Crippen LogP contribution in [0.4, 0.5) is 0 Å². The molecule has 0 saturated carbocycles. The van der Waals surface area contributed by atoms with E-state index >= 15 is 0 Å². The van der Waals surface area contributed by atoms with Gasteiger partial charge in [-0.3, -0.25) is 0 Å². The summed E-state index contributed by atoms with van der Waals surface area (Å²) < 4.78 is 19.8. The van der Waals surface area contributed by atoms with E-state index < -0.39 is 0 Å². The summed E-state index contributed by atoms with van der Waals surface area (Å²) in [6, 6.07) is 34.1. The molecule has 2 aliphatic rings. The molecule has 312 valence electrons. The first-order valence-corrected chi connectivity index (χ1v) is 21.2. The number of aryl methyl sites for hydroxylation is 4. The molecule has 12 heteroatoms. The molecule has 8 aromatic rings. The van der Waals surface area contributed by atoms with Crippen LogP contribution in [0.2, 0.25) is 0 Å². The Hall–Kier alpha value is -7.34. The van der Waals surface area contributed by atoms with E-state index in [1.54, 1.807) is 26.9 Å². The molecule has 2 atom stereocenters. The fourth-order valence-corrected chi connectivity index (χ4v) is 8.54. The number of hydrogen-bond donors (Lipinski definition) is 0. The summed E-state index contributed by atoms with van der Waals surface area (Å²) in [4.78, 5) is 8.62. The van der Waals surface area contributed by atoms with E-state index in [1.165, 1.54) is 11.1 Å². The Kier molecular flexibility index (Phi) is 11.7. The van der Waals surface area contributed by atoms with Gasteiger partial charge < -0.3 is 27.7 Å². The predicted molar refractivity (Wildman–Crippen MR) is 243 cm³/mol. The summed E-state index contributed by atoms with van der Waals surface area (Å²) in [5, 5.41) is 17.9. The maximum atomic E-state index is 5.64. The normalized spacial score (nSPS) is 15.9. The van der Waals surface area contributed by atoms with Crippen LogP contribution in [0.5, 0.6) is 11.5 Å². The van der Waals surface area contributed by atoms with Crippen LogP contribution < -0.4 is 9.47 Å². The van der Waals surface area contributed by atoms with Crippen molar-refractivity contribution in [2.45, 2.75) is 64.5 Å². The first-order valence-electron chi connectivity index (χ1n) is 21.2. The van der Waals surface area contributed by atoms with Crippen molar-refractivity contribution in [2.75, 3.05) is 14.2 Å². The third kappa shape index (κ3) is 8.49. The third-order valence-corrected chi connectivity index (χ3v) is 11.6. The number of rotatable bonds is 10. The Balaban J connectivity index is 0.000000158. The minimum absolute atomic E-state index is 0.279. The smallest absolute Gasteiger partial charge is 0.157 e. The SMILES string of the molecule is COc1cc(/C=C/c2nnc3n2[C@@H](c2ccccc2)CCC3)ccc1-n1cnc(C)c1.COc1cc(/C=C/c2nnc3n2[C@H](c2ccccc2)CCC3)ccc1-n1cnc(C)c1. The lowest BCUT2D eigenvalue weighted by molar-refractivity contribution is 0.412. The molecule has 2 aliphatic heterocycles. The Labute approximate surface area is 361 Å². The lowest BCUT2D eigenvalue weighted by Crippen LogP contribution is -2.20. The molecule has 0 N–H and O–H groups in total. The van der Waals surface area contributed by atoms with Gasteiger partial charge in [-0.1, -0.05) is 84.9 Å². The zero-order valence-electron chi connectivity index (χ0n) is 35.5. The second-order valence-corrected chi connectivity index (χ2v) is 15.7. The maximum Gasteiger partial charge on any atom is 0.157 e. The van der Waals surface area contributed by atoms with Crippen LogP contribution in [0.15, 0.2) is 122 Å². The van der Waals surface area contributed by atoms with Gasteiger partial charge in [-0.2, -0.15) is 0 Å². The van der Waals surface area contributed by atoms with Crippen molar-refractivity contribution >= 4 is 24.3 Å². The molecule has 0 saturated heterocycles. The van der Waals surface area contributed by atoms with Crippen molar-refractivity contribution in [2.24, 2.45) is 0 Å². The summed E-state index contributed by atoms with van der Waals surface area (Å²) in [6.45, 7) is 3.95. The molecule has 0 spiro atoms. The van der Waals surface area contributed by atoms with Crippen LogP contribution in [0, 0.1) is 13.8 Å². The molecule has 10 rings (SSSR count). The number of aromatic nitrogens is 10. The van der Waals surface area contributed by atoms with Crippen molar-refractivity contribution < 1.29 is 9.47 Å². The van der Waals surface area contributed by atoms with Gasteiger partial charge in [0.25, 0.3) is 0 Å². The van der Waals surface area contributed by atoms with E-state index in [1.807, 2.05) is 71.8 Å². The fourth-order valence-electron chi connectivity index (χ4n) is 8.54. The van der Waals surface area contributed by atoms with Crippen molar-refractivity contribution in [3.8, 4) is 22.9 Å². The summed E-state index contributed by atoms with van der Waals surface area (Å²) >= 11 is 0. The minimum atomic E-state index is 0.279. The minimum Gasteiger partial charge on any atom is -0.495 e. The van der Waals surface area contributed by atoms with Crippen LogP contribution >= 0.6 is 0 Å². The lowest BCUT2D eigenvalue weighted by Gasteiger charge is -2.26. The summed E-state index contributed by atoms with van der Waals surface area (Å²) in [5.74, 6) is 5.48. The standard InChI is InChI=1S/2C25H25N5O/c2*1-18-16-29(17-26-18)22-13-11-19(15-23(22)31-2)12-14-25-28-27-24-10-6-9-21(30(24)25)20-7-4-3-5-8-20/h2*3-5,7-8,11-17,21H,6,9-10H2,1-2H3/b2*14-12+/t2*21-/m10/s1. The van der Waals surface area contributed by atoms with E-state index in [-0.39, 0.29) is 12.1 Å². The Morgan fingerprint density at radius 2 is 0.968 bits per heavy atom. The van der Waals surface area contributed by atoms with Gasteiger partial charge in [0.15, 0.2) is 11.6 Å². The van der Waals surface area contributed by atoms with Gasteiger partial charge in [-0.05, 0) is 98.2 Å². The maximum absolute atomic E-state index is 5.64. The summed E-state index contributed by atoms with van der Waals surface area (Å²) in [7, 11) is 3.38. The molecular weight excluding hydrogens is 773 g/mol. The zero-order chi connectivity index (χ0) is 42.4. The Bertz CT molecular complexity index is 2640. The molecule has 4 aromatic carbocycles. The summed E-state index contributed by atoms with van der Waals surface area (Å²) in [6.07, 6.45) is 22.2. The number of methoxy groups -OCH3 is 2. The average Bonchev–Trinajstić information content (AvgIpc) is 4.15. The molecule has 6 heterocycles. The second-order valence-electron chi connectivity index (χ2n) is 15.7. The molecule has 0 amide bonds. The molecule has 62 heavy (non-hydrogen) atoms. The van der Waals surface area contributed by atoms with Gasteiger partial charge in [0.1, 0.15) is 23.1 Å². The van der Waals surface area contributed by atoms with E-state index in [4.69, 9.17) is 9.47 Å². The first kappa shape index (κ1) is 40.1. The monoisotopic (exact) mass is 822 g/mol. The van der Waals surface area contributed by atoms with Crippen LogP contribution in [-0.2, 0) is 12.8 Å². The van der Waals surface area contributed by atoms with Gasteiger partial charge in [0.2, 0.25) is 0 Å². The van der Waals surface area contributed by atoms with Crippen molar-refractivity contribution in [1.82, 2.24) is 48.6 Å². The number of benzene rings is 4.